The number of benzene rings is 5. The maximum absolute atomic E-state index is 14.2. The zero-order valence-corrected chi connectivity index (χ0v) is 38.2. The van der Waals surface area contributed by atoms with Gasteiger partial charge in [-0.15, -0.1) is 0 Å². The second-order valence-corrected chi connectivity index (χ2v) is 16.7. The Morgan fingerprint density at radius 3 is 1.71 bits per heavy atom. The Bertz CT molecular complexity index is 2530. The minimum atomic E-state index is -1.05. The molecule has 2 heterocycles. The first-order chi connectivity index (χ1) is 33.0. The summed E-state index contributed by atoms with van der Waals surface area (Å²) in [4.78, 5) is 84.5. The molecule has 4 N–H and O–H groups in total. The van der Waals surface area contributed by atoms with Gasteiger partial charge in [-0.25, -0.2) is 14.0 Å². The van der Waals surface area contributed by atoms with Gasteiger partial charge in [0.05, 0.1) is 32.8 Å². The SMILES string of the molecule is CCCN(CC(=O)Nc1ccc(C2CC[C@H](c3ccc(NC(=O)C4CCCN4C(=O)C(NC(=O)OC)c4ccccc4)cc3)N2c2ccc(F)cc2)cc1)C(=O)[C@H](NC(=O)OC)c1ccccc1. The van der Waals surface area contributed by atoms with Crippen LogP contribution in [0.4, 0.5) is 31.0 Å². The van der Waals surface area contributed by atoms with Gasteiger partial charge in [-0.3, -0.25) is 19.2 Å². The van der Waals surface area contributed by atoms with Crippen molar-refractivity contribution < 1.29 is 42.6 Å². The molecule has 2 fully saturated rings. The lowest BCUT2D eigenvalue weighted by Gasteiger charge is -2.33. The van der Waals surface area contributed by atoms with Gasteiger partial charge in [0.2, 0.25) is 17.7 Å². The monoisotopic (exact) mass is 925 g/mol. The second kappa shape index (κ2) is 22.6. The van der Waals surface area contributed by atoms with Gasteiger partial charge in [-0.2, -0.15) is 0 Å². The van der Waals surface area contributed by atoms with E-state index in [1.54, 1.807) is 66.7 Å². The van der Waals surface area contributed by atoms with E-state index < -0.39 is 48.0 Å². The number of amides is 6. The van der Waals surface area contributed by atoms with Crippen molar-refractivity contribution in [1.29, 1.82) is 0 Å². The average Bonchev–Trinajstić information content (AvgIpc) is 4.05. The standard InChI is InChI=1S/C52H56FN7O8/c1-4-31-58(49(63)46(56-51(65)67-2)36-12-7-5-8-13-36)33-45(61)54-39-23-17-34(18-24-39)42-29-30-43(60(42)41-27-21-38(53)22-28-41)35-19-25-40(26-20-35)55-48(62)44-16-11-32-59(44)50(64)47(57-52(66)68-3)37-14-9-6-10-15-37/h5-10,12-15,17-28,42-44,46-47H,4,11,16,29-33H2,1-3H3,(H,54,61)(H,55,62)(H,56,65)(H,57,66)/t42?,43-,44?,46-,47?/m1/s1. The van der Waals surface area contributed by atoms with Crippen molar-refractivity contribution >= 4 is 52.9 Å². The normalized spacial score (nSPS) is 17.3. The number of carbonyl (C=O) groups excluding carboxylic acids is 6. The van der Waals surface area contributed by atoms with Gasteiger partial charge in [-0.05, 0) is 103 Å². The van der Waals surface area contributed by atoms with E-state index >= 15 is 0 Å². The van der Waals surface area contributed by atoms with Crippen LogP contribution in [0.15, 0.2) is 133 Å². The number of methoxy groups -OCH3 is 2. The van der Waals surface area contributed by atoms with Crippen molar-refractivity contribution in [2.75, 3.05) is 49.4 Å². The smallest absolute Gasteiger partial charge is 0.407 e. The number of hydrogen-bond donors (Lipinski definition) is 4. The highest BCUT2D eigenvalue weighted by molar-refractivity contribution is 5.99. The van der Waals surface area contributed by atoms with Crippen molar-refractivity contribution in [3.05, 3.63) is 162 Å². The Balaban J connectivity index is 1.02. The van der Waals surface area contributed by atoms with Crippen LogP contribution in [0.1, 0.15) is 85.4 Å². The third kappa shape index (κ3) is 11.6. The van der Waals surface area contributed by atoms with Crippen LogP contribution < -0.4 is 26.2 Å². The molecule has 2 aliphatic rings. The largest absolute Gasteiger partial charge is 0.453 e. The Labute approximate surface area is 395 Å². The first-order valence-electron chi connectivity index (χ1n) is 22.7. The first kappa shape index (κ1) is 48.2. The lowest BCUT2D eigenvalue weighted by molar-refractivity contribution is -0.138. The minimum absolute atomic E-state index is 0.106. The van der Waals surface area contributed by atoms with Gasteiger partial charge < -0.3 is 45.4 Å². The summed E-state index contributed by atoms with van der Waals surface area (Å²) in [5, 5.41) is 11.1. The third-order valence-corrected chi connectivity index (χ3v) is 12.3. The molecule has 354 valence electrons. The fourth-order valence-electron chi connectivity index (χ4n) is 9.02. The predicted molar refractivity (Wildman–Crippen MR) is 255 cm³/mol. The number of halogens is 1. The highest BCUT2D eigenvalue weighted by Crippen LogP contribution is 2.47. The number of rotatable bonds is 16. The van der Waals surface area contributed by atoms with Gasteiger partial charge in [0.15, 0.2) is 0 Å². The maximum atomic E-state index is 14.2. The Kier molecular flexibility index (Phi) is 16.0. The molecule has 0 spiro atoms. The van der Waals surface area contributed by atoms with Crippen LogP contribution in [0.25, 0.3) is 0 Å². The van der Waals surface area contributed by atoms with E-state index in [0.29, 0.717) is 48.3 Å². The van der Waals surface area contributed by atoms with E-state index in [-0.39, 0.29) is 36.9 Å². The Morgan fingerprint density at radius 2 is 1.18 bits per heavy atom. The lowest BCUT2D eigenvalue weighted by Crippen LogP contribution is -2.48. The summed E-state index contributed by atoms with van der Waals surface area (Å²) in [5.74, 6) is -1.94. The van der Waals surface area contributed by atoms with E-state index in [1.165, 1.54) is 36.2 Å². The minimum Gasteiger partial charge on any atom is -0.453 e. The van der Waals surface area contributed by atoms with Gasteiger partial charge >= 0.3 is 12.2 Å². The second-order valence-electron chi connectivity index (χ2n) is 16.7. The van der Waals surface area contributed by atoms with Crippen molar-refractivity contribution in [2.24, 2.45) is 0 Å². The van der Waals surface area contributed by atoms with E-state index in [4.69, 9.17) is 9.47 Å². The van der Waals surface area contributed by atoms with Crippen molar-refractivity contribution in [3.8, 4) is 0 Å². The summed E-state index contributed by atoms with van der Waals surface area (Å²) in [6.45, 7) is 2.30. The summed E-state index contributed by atoms with van der Waals surface area (Å²) in [6, 6.07) is 36.1. The molecule has 5 aromatic carbocycles. The summed E-state index contributed by atoms with van der Waals surface area (Å²) in [5.41, 5.74) is 5.01. The van der Waals surface area contributed by atoms with Gasteiger partial charge in [0.25, 0.3) is 5.91 Å². The molecule has 0 aromatic heterocycles. The lowest BCUT2D eigenvalue weighted by atomic mass is 10.0. The number of nitrogens with zero attached hydrogens (tertiary/aromatic N) is 3. The number of ether oxygens (including phenoxy) is 2. The fourth-order valence-corrected chi connectivity index (χ4v) is 9.02. The molecule has 0 bridgehead atoms. The number of nitrogens with one attached hydrogen (secondary N) is 4. The molecule has 2 saturated heterocycles. The van der Waals surface area contributed by atoms with Crippen LogP contribution in [-0.4, -0.2) is 85.5 Å². The van der Waals surface area contributed by atoms with Crippen LogP contribution >= 0.6 is 0 Å². The number of likely N-dealkylation sites (tertiary alicyclic amines) is 1. The average molecular weight is 926 g/mol. The van der Waals surface area contributed by atoms with Crippen LogP contribution in [0.3, 0.4) is 0 Å². The molecule has 0 radical (unpaired) electrons. The molecule has 15 nitrogen and oxygen atoms in total. The molecule has 0 aliphatic carbocycles. The number of hydrogen-bond acceptors (Lipinski definition) is 9. The summed E-state index contributed by atoms with van der Waals surface area (Å²) < 4.78 is 23.8. The highest BCUT2D eigenvalue weighted by Gasteiger charge is 2.39. The molecule has 68 heavy (non-hydrogen) atoms. The van der Waals surface area contributed by atoms with Crippen molar-refractivity contribution in [3.63, 3.8) is 0 Å². The number of anilines is 3. The fraction of sp³-hybridized carbons (Fsp3) is 0.308. The Morgan fingerprint density at radius 1 is 0.662 bits per heavy atom. The van der Waals surface area contributed by atoms with Crippen LogP contribution in [0, 0.1) is 5.82 Å². The number of carbonyl (C=O) groups is 6. The molecule has 3 unspecified atom stereocenters. The molecule has 6 amide bonds. The van der Waals surface area contributed by atoms with E-state index in [9.17, 15) is 33.2 Å². The third-order valence-electron chi connectivity index (χ3n) is 12.3. The van der Waals surface area contributed by atoms with Gasteiger partial charge in [0.1, 0.15) is 23.9 Å². The topological polar surface area (TPSA) is 179 Å². The predicted octanol–water partition coefficient (Wildman–Crippen LogP) is 8.21. The molecule has 16 heteroatoms. The maximum Gasteiger partial charge on any atom is 0.407 e. The Hall–Kier alpha value is -7.75. The summed E-state index contributed by atoms with van der Waals surface area (Å²) >= 11 is 0. The zero-order chi connectivity index (χ0) is 48.2. The first-order valence-corrected chi connectivity index (χ1v) is 22.7. The summed E-state index contributed by atoms with van der Waals surface area (Å²) in [7, 11) is 2.44. The van der Waals surface area contributed by atoms with Gasteiger partial charge in [0, 0.05) is 30.2 Å². The molecular weight excluding hydrogens is 870 g/mol. The van der Waals surface area contributed by atoms with E-state index in [2.05, 4.69) is 26.2 Å². The molecule has 7 rings (SSSR count). The van der Waals surface area contributed by atoms with E-state index in [1.807, 2.05) is 61.5 Å². The van der Waals surface area contributed by atoms with E-state index in [0.717, 1.165) is 29.7 Å². The molecule has 2 aliphatic heterocycles. The molecule has 5 aromatic rings. The van der Waals surface area contributed by atoms with Crippen LogP contribution in [0.2, 0.25) is 0 Å². The van der Waals surface area contributed by atoms with Gasteiger partial charge in [-0.1, -0.05) is 91.9 Å². The zero-order valence-electron chi connectivity index (χ0n) is 38.2. The quantitative estimate of drug-likeness (QED) is 0.0759. The molecule has 0 saturated carbocycles. The van der Waals surface area contributed by atoms with Crippen LogP contribution in [0.5, 0.6) is 0 Å². The highest BCUT2D eigenvalue weighted by atomic mass is 19.1. The van der Waals surface area contributed by atoms with Crippen molar-refractivity contribution in [2.45, 2.75) is 69.2 Å². The molecular formula is C52H56FN7O8. The van der Waals surface area contributed by atoms with Crippen molar-refractivity contribution in [1.82, 2.24) is 20.4 Å². The molecule has 5 atom stereocenters. The summed E-state index contributed by atoms with van der Waals surface area (Å²) in [6.07, 6.45) is 1.68. The number of alkyl carbamates (subject to hydrolysis) is 2. The van der Waals surface area contributed by atoms with Crippen LogP contribution in [-0.2, 0) is 28.7 Å².